The monoisotopic (exact) mass is 251 g/mol. The smallest absolute Gasteiger partial charge is 0.203 e. The van der Waals surface area contributed by atoms with E-state index >= 15 is 0 Å². The van der Waals surface area contributed by atoms with Crippen molar-refractivity contribution in [3.8, 4) is 0 Å². The maximum atomic E-state index is 5.91. The van der Waals surface area contributed by atoms with Gasteiger partial charge in [-0.3, -0.25) is 0 Å². The highest BCUT2D eigenvalue weighted by molar-refractivity contribution is 6.20. The van der Waals surface area contributed by atoms with Gasteiger partial charge in [-0.1, -0.05) is 12.1 Å². The van der Waals surface area contributed by atoms with Crippen molar-refractivity contribution < 1.29 is 0 Å². The highest BCUT2D eigenvalue weighted by atomic mass is 35.5. The van der Waals surface area contributed by atoms with Crippen LogP contribution in [0, 0.1) is 0 Å². The van der Waals surface area contributed by atoms with Crippen molar-refractivity contribution in [3.63, 3.8) is 0 Å². The second kappa shape index (κ2) is 5.41. The number of rotatable bonds is 5. The predicted octanol–water partition coefficient (Wildman–Crippen LogP) is 3.39. The zero-order valence-electron chi connectivity index (χ0n) is 10.3. The van der Waals surface area contributed by atoms with Crippen molar-refractivity contribution in [2.45, 2.75) is 25.1 Å². The molecule has 0 radical (unpaired) electrons. The molecule has 0 amide bonds. The standard InChI is InChI=1S/C13H18ClN3/c1-10(14)6-5-9-15-13-16-11-7-3-4-8-12(11)17(13)2/h3-4,7-8,10H,5-6,9H2,1-2H3,(H,15,16). The lowest BCUT2D eigenvalue weighted by atomic mass is 10.2. The number of aryl methyl sites for hydroxylation is 1. The van der Waals surface area contributed by atoms with Gasteiger partial charge in [-0.25, -0.2) is 4.98 Å². The van der Waals surface area contributed by atoms with Crippen LogP contribution in [0.15, 0.2) is 24.3 Å². The van der Waals surface area contributed by atoms with Crippen molar-refractivity contribution in [1.29, 1.82) is 0 Å². The van der Waals surface area contributed by atoms with Gasteiger partial charge in [-0.2, -0.15) is 0 Å². The zero-order chi connectivity index (χ0) is 12.3. The molecule has 1 unspecified atom stereocenters. The van der Waals surface area contributed by atoms with Crippen LogP contribution in [0.5, 0.6) is 0 Å². The number of hydrogen-bond acceptors (Lipinski definition) is 2. The van der Waals surface area contributed by atoms with Crippen LogP contribution < -0.4 is 5.32 Å². The number of anilines is 1. The Morgan fingerprint density at radius 3 is 2.88 bits per heavy atom. The summed E-state index contributed by atoms with van der Waals surface area (Å²) in [6.07, 6.45) is 2.09. The second-order valence-electron chi connectivity index (χ2n) is 4.33. The van der Waals surface area contributed by atoms with Gasteiger partial charge in [0.15, 0.2) is 0 Å². The van der Waals surface area contributed by atoms with Gasteiger partial charge in [0.25, 0.3) is 0 Å². The number of nitrogens with zero attached hydrogens (tertiary/aromatic N) is 2. The molecule has 1 aromatic heterocycles. The Kier molecular flexibility index (Phi) is 3.89. The minimum Gasteiger partial charge on any atom is -0.356 e. The van der Waals surface area contributed by atoms with E-state index in [1.54, 1.807) is 0 Å². The summed E-state index contributed by atoms with van der Waals surface area (Å²) in [5.41, 5.74) is 2.18. The average Bonchev–Trinajstić information content (AvgIpc) is 2.63. The number of alkyl halides is 1. The number of hydrogen-bond donors (Lipinski definition) is 1. The summed E-state index contributed by atoms with van der Waals surface area (Å²) in [5.74, 6) is 0.924. The van der Waals surface area contributed by atoms with E-state index in [2.05, 4.69) is 20.9 Å². The van der Waals surface area contributed by atoms with E-state index in [9.17, 15) is 0 Å². The number of halogens is 1. The van der Waals surface area contributed by atoms with Crippen LogP contribution in [0.25, 0.3) is 11.0 Å². The Morgan fingerprint density at radius 1 is 1.41 bits per heavy atom. The summed E-state index contributed by atoms with van der Waals surface area (Å²) in [7, 11) is 2.03. The van der Waals surface area contributed by atoms with Crippen molar-refractivity contribution >= 4 is 28.6 Å². The molecular weight excluding hydrogens is 234 g/mol. The Labute approximate surface area is 107 Å². The minimum atomic E-state index is 0.247. The zero-order valence-corrected chi connectivity index (χ0v) is 11.0. The third kappa shape index (κ3) is 2.91. The molecule has 0 bridgehead atoms. The molecule has 0 spiro atoms. The summed E-state index contributed by atoms with van der Waals surface area (Å²) >= 11 is 5.91. The predicted molar refractivity (Wildman–Crippen MR) is 73.8 cm³/mol. The summed E-state index contributed by atoms with van der Waals surface area (Å²) < 4.78 is 2.08. The van der Waals surface area contributed by atoms with Gasteiger partial charge in [0, 0.05) is 19.0 Å². The van der Waals surface area contributed by atoms with E-state index in [1.807, 2.05) is 32.2 Å². The number of para-hydroxylation sites is 2. The number of aromatic nitrogens is 2. The number of imidazole rings is 1. The first kappa shape index (κ1) is 12.2. The van der Waals surface area contributed by atoms with Gasteiger partial charge in [0.1, 0.15) is 0 Å². The summed E-state index contributed by atoms with van der Waals surface area (Å²) in [5, 5.41) is 3.60. The summed E-state index contributed by atoms with van der Waals surface area (Å²) in [6.45, 7) is 2.94. The van der Waals surface area contributed by atoms with E-state index in [-0.39, 0.29) is 5.38 Å². The molecular formula is C13H18ClN3. The number of nitrogens with one attached hydrogen (secondary N) is 1. The molecule has 2 rings (SSSR count). The molecule has 1 aromatic carbocycles. The molecule has 0 saturated heterocycles. The molecule has 0 aliphatic carbocycles. The van der Waals surface area contributed by atoms with Gasteiger partial charge in [-0.05, 0) is 31.9 Å². The Hall–Kier alpha value is -1.22. The quantitative estimate of drug-likeness (QED) is 0.652. The van der Waals surface area contributed by atoms with Crippen LogP contribution in [0.4, 0.5) is 5.95 Å². The van der Waals surface area contributed by atoms with Crippen LogP contribution in [0.3, 0.4) is 0 Å². The summed E-state index contributed by atoms with van der Waals surface area (Å²) in [6, 6.07) is 8.15. The molecule has 2 aromatic rings. The molecule has 0 saturated carbocycles. The molecule has 0 fully saturated rings. The normalized spacial score (nSPS) is 12.9. The first-order valence-electron chi connectivity index (χ1n) is 5.98. The third-order valence-corrected chi connectivity index (χ3v) is 3.07. The first-order chi connectivity index (χ1) is 8.18. The SMILES string of the molecule is CC(Cl)CCCNc1nc2ccccc2n1C. The topological polar surface area (TPSA) is 29.9 Å². The van der Waals surface area contributed by atoms with Gasteiger partial charge in [0.2, 0.25) is 5.95 Å². The lowest BCUT2D eigenvalue weighted by molar-refractivity contribution is 0.744. The lowest BCUT2D eigenvalue weighted by Gasteiger charge is -2.06. The largest absolute Gasteiger partial charge is 0.356 e. The summed E-state index contributed by atoms with van der Waals surface area (Å²) in [4.78, 5) is 4.55. The maximum absolute atomic E-state index is 5.91. The second-order valence-corrected chi connectivity index (χ2v) is 5.08. The molecule has 0 aliphatic rings. The average molecular weight is 252 g/mol. The molecule has 4 heteroatoms. The molecule has 3 nitrogen and oxygen atoms in total. The van der Waals surface area contributed by atoms with Gasteiger partial charge in [0.05, 0.1) is 11.0 Å². The van der Waals surface area contributed by atoms with E-state index in [0.29, 0.717) is 0 Å². The van der Waals surface area contributed by atoms with Gasteiger partial charge >= 0.3 is 0 Å². The molecule has 0 aliphatic heterocycles. The Morgan fingerprint density at radius 2 is 2.18 bits per heavy atom. The number of fused-ring (bicyclic) bond motifs is 1. The highest BCUT2D eigenvalue weighted by Gasteiger charge is 2.05. The minimum absolute atomic E-state index is 0.247. The van der Waals surface area contributed by atoms with Crippen LogP contribution in [0.2, 0.25) is 0 Å². The molecule has 92 valence electrons. The molecule has 17 heavy (non-hydrogen) atoms. The van der Waals surface area contributed by atoms with Crippen LogP contribution in [-0.2, 0) is 7.05 Å². The molecule has 1 atom stereocenters. The third-order valence-electron chi connectivity index (χ3n) is 2.85. The van der Waals surface area contributed by atoms with E-state index < -0.39 is 0 Å². The van der Waals surface area contributed by atoms with E-state index in [0.717, 1.165) is 36.4 Å². The number of benzene rings is 1. The lowest BCUT2D eigenvalue weighted by Crippen LogP contribution is -2.07. The maximum Gasteiger partial charge on any atom is 0.203 e. The van der Waals surface area contributed by atoms with Crippen LogP contribution >= 0.6 is 11.6 Å². The van der Waals surface area contributed by atoms with Crippen LogP contribution in [-0.4, -0.2) is 21.5 Å². The van der Waals surface area contributed by atoms with Gasteiger partial charge in [-0.15, -0.1) is 11.6 Å². The van der Waals surface area contributed by atoms with E-state index in [4.69, 9.17) is 11.6 Å². The first-order valence-corrected chi connectivity index (χ1v) is 6.41. The fraction of sp³-hybridized carbons (Fsp3) is 0.462. The Balaban J connectivity index is 2.01. The molecule has 1 N–H and O–H groups in total. The fourth-order valence-corrected chi connectivity index (χ4v) is 2.04. The highest BCUT2D eigenvalue weighted by Crippen LogP contribution is 2.17. The van der Waals surface area contributed by atoms with Crippen LogP contribution in [0.1, 0.15) is 19.8 Å². The van der Waals surface area contributed by atoms with Crippen molar-refractivity contribution in [3.05, 3.63) is 24.3 Å². The Bertz CT molecular complexity index is 490. The van der Waals surface area contributed by atoms with Crippen molar-refractivity contribution in [1.82, 2.24) is 9.55 Å². The fourth-order valence-electron chi connectivity index (χ4n) is 1.89. The van der Waals surface area contributed by atoms with E-state index in [1.165, 1.54) is 0 Å². The van der Waals surface area contributed by atoms with Crippen molar-refractivity contribution in [2.24, 2.45) is 7.05 Å². The van der Waals surface area contributed by atoms with Gasteiger partial charge < -0.3 is 9.88 Å². The molecule has 1 heterocycles. The van der Waals surface area contributed by atoms with Crippen molar-refractivity contribution in [2.75, 3.05) is 11.9 Å².